The first kappa shape index (κ1) is 21.1. The smallest absolute Gasteiger partial charge is 0.230 e. The maximum atomic E-state index is 11.1. The molecular formula is C25H29N5OS. The van der Waals surface area contributed by atoms with Gasteiger partial charge in [-0.2, -0.15) is 4.52 Å². The van der Waals surface area contributed by atoms with Gasteiger partial charge in [0.15, 0.2) is 5.82 Å². The van der Waals surface area contributed by atoms with Crippen LogP contribution in [-0.2, 0) is 13.0 Å². The highest BCUT2D eigenvalue weighted by molar-refractivity contribution is 7.17. The zero-order chi connectivity index (χ0) is 22.1. The Morgan fingerprint density at radius 2 is 1.72 bits per heavy atom. The third-order valence-corrected chi connectivity index (χ3v) is 7.29. The van der Waals surface area contributed by atoms with Gasteiger partial charge < -0.3 is 5.11 Å². The average Bonchev–Trinajstić information content (AvgIpc) is 3.36. The summed E-state index contributed by atoms with van der Waals surface area (Å²) in [5.74, 6) is 0.981. The molecule has 0 amide bonds. The van der Waals surface area contributed by atoms with Crippen molar-refractivity contribution in [3.05, 3.63) is 82.0 Å². The number of aromatic hydroxyl groups is 1. The van der Waals surface area contributed by atoms with Crippen LogP contribution < -0.4 is 0 Å². The van der Waals surface area contributed by atoms with Gasteiger partial charge in [-0.3, -0.25) is 9.80 Å². The molecule has 1 fully saturated rings. The maximum absolute atomic E-state index is 11.1. The van der Waals surface area contributed by atoms with Gasteiger partial charge in [0.1, 0.15) is 0 Å². The number of nitrogens with zero attached hydrogens (tertiary/aromatic N) is 5. The van der Waals surface area contributed by atoms with E-state index in [1.807, 2.05) is 6.92 Å². The predicted octanol–water partition coefficient (Wildman–Crippen LogP) is 4.27. The zero-order valence-corrected chi connectivity index (χ0v) is 19.4. The maximum Gasteiger partial charge on any atom is 0.230 e. The van der Waals surface area contributed by atoms with Gasteiger partial charge in [0.2, 0.25) is 10.8 Å². The summed E-state index contributed by atoms with van der Waals surface area (Å²) in [6.45, 7) is 9.00. The van der Waals surface area contributed by atoms with Crippen LogP contribution in [0.25, 0.3) is 4.96 Å². The minimum Gasteiger partial charge on any atom is -0.492 e. The summed E-state index contributed by atoms with van der Waals surface area (Å²) in [6, 6.07) is 19.3. The molecule has 4 aromatic rings. The number of hydrogen-bond acceptors (Lipinski definition) is 6. The van der Waals surface area contributed by atoms with E-state index in [0.29, 0.717) is 0 Å². The summed E-state index contributed by atoms with van der Waals surface area (Å²) in [5.41, 5.74) is 3.79. The zero-order valence-electron chi connectivity index (χ0n) is 18.6. The van der Waals surface area contributed by atoms with Crippen molar-refractivity contribution in [2.75, 3.05) is 26.2 Å². The Balaban J connectivity index is 1.42. The Morgan fingerprint density at radius 1 is 1.00 bits per heavy atom. The van der Waals surface area contributed by atoms with Crippen molar-refractivity contribution < 1.29 is 5.11 Å². The molecular weight excluding hydrogens is 418 g/mol. The summed E-state index contributed by atoms with van der Waals surface area (Å²) in [7, 11) is 0. The summed E-state index contributed by atoms with van der Waals surface area (Å²) in [5, 5.41) is 15.6. The topological polar surface area (TPSA) is 56.9 Å². The molecule has 1 aliphatic rings. The third kappa shape index (κ3) is 4.16. The number of aryl methyl sites for hydroxylation is 2. The Bertz CT molecular complexity index is 1180. The highest BCUT2D eigenvalue weighted by Gasteiger charge is 2.31. The van der Waals surface area contributed by atoms with Crippen LogP contribution in [0.1, 0.15) is 40.4 Å². The molecule has 1 saturated heterocycles. The van der Waals surface area contributed by atoms with Crippen LogP contribution in [0.5, 0.6) is 5.88 Å². The molecule has 2 aromatic carbocycles. The SMILES string of the molecule is CCc1nc2sc([C@H](c3ccc(C)cc3)N3CCN(Cc4ccccc4)CC3)c(O)n2n1. The highest BCUT2D eigenvalue weighted by Crippen LogP contribution is 2.40. The fourth-order valence-electron chi connectivity index (χ4n) is 4.42. The van der Waals surface area contributed by atoms with Crippen molar-refractivity contribution in [1.29, 1.82) is 0 Å². The van der Waals surface area contributed by atoms with Gasteiger partial charge in [0.05, 0.1) is 10.9 Å². The average molecular weight is 448 g/mol. The molecule has 0 spiro atoms. The lowest BCUT2D eigenvalue weighted by atomic mass is 10.0. The lowest BCUT2D eigenvalue weighted by Crippen LogP contribution is -2.47. The van der Waals surface area contributed by atoms with Gasteiger partial charge in [-0.1, -0.05) is 78.4 Å². The molecule has 1 atom stereocenters. The molecule has 7 heteroatoms. The van der Waals surface area contributed by atoms with Crippen LogP contribution in [0.4, 0.5) is 0 Å². The lowest BCUT2D eigenvalue weighted by Gasteiger charge is -2.39. The van der Waals surface area contributed by atoms with E-state index in [0.717, 1.165) is 54.8 Å². The molecule has 1 aliphatic heterocycles. The normalized spacial score (nSPS) is 16.6. The van der Waals surface area contributed by atoms with Crippen LogP contribution in [0.2, 0.25) is 0 Å². The van der Waals surface area contributed by atoms with E-state index in [9.17, 15) is 5.11 Å². The quantitative estimate of drug-likeness (QED) is 0.478. The second kappa shape index (κ2) is 9.02. The molecule has 0 bridgehead atoms. The number of benzene rings is 2. The molecule has 1 N–H and O–H groups in total. The van der Waals surface area contributed by atoms with E-state index in [4.69, 9.17) is 0 Å². The minimum absolute atomic E-state index is 0.00643. The lowest BCUT2D eigenvalue weighted by molar-refractivity contribution is 0.105. The summed E-state index contributed by atoms with van der Waals surface area (Å²) < 4.78 is 1.60. The van der Waals surface area contributed by atoms with Gasteiger partial charge in [-0.15, -0.1) is 5.10 Å². The largest absolute Gasteiger partial charge is 0.492 e. The highest BCUT2D eigenvalue weighted by atomic mass is 32.1. The van der Waals surface area contributed by atoms with Crippen molar-refractivity contribution in [3.63, 3.8) is 0 Å². The first-order chi connectivity index (χ1) is 15.6. The van der Waals surface area contributed by atoms with Crippen molar-refractivity contribution in [2.45, 2.75) is 32.9 Å². The van der Waals surface area contributed by atoms with E-state index in [-0.39, 0.29) is 11.9 Å². The Kier molecular flexibility index (Phi) is 5.95. The minimum atomic E-state index is -0.00643. The Hall–Kier alpha value is -2.74. The van der Waals surface area contributed by atoms with Crippen LogP contribution in [0.15, 0.2) is 54.6 Å². The first-order valence-corrected chi connectivity index (χ1v) is 12.1. The standard InChI is InChI=1S/C25H29N5OS/c1-3-21-26-25-30(27-21)24(31)23(32-25)22(20-11-9-18(2)10-12-20)29-15-13-28(14-16-29)17-19-7-5-4-6-8-19/h4-12,22,31H,3,13-17H2,1-2H3/t22-/m0/s1. The number of rotatable bonds is 6. The molecule has 32 heavy (non-hydrogen) atoms. The fraction of sp³-hybridized carbons (Fsp3) is 0.360. The Morgan fingerprint density at radius 3 is 2.38 bits per heavy atom. The number of fused-ring (bicyclic) bond motifs is 1. The van der Waals surface area contributed by atoms with Crippen molar-refractivity contribution in [2.24, 2.45) is 0 Å². The fourth-order valence-corrected chi connectivity index (χ4v) is 5.55. The van der Waals surface area contributed by atoms with E-state index >= 15 is 0 Å². The van der Waals surface area contributed by atoms with Gasteiger partial charge in [-0.05, 0) is 18.1 Å². The van der Waals surface area contributed by atoms with Gasteiger partial charge in [-0.25, -0.2) is 4.98 Å². The number of thiazole rings is 1. The van der Waals surface area contributed by atoms with Crippen LogP contribution in [0, 0.1) is 6.92 Å². The molecule has 5 rings (SSSR count). The van der Waals surface area contributed by atoms with E-state index in [2.05, 4.69) is 81.4 Å². The van der Waals surface area contributed by atoms with Gasteiger partial charge in [0, 0.05) is 39.1 Å². The molecule has 0 radical (unpaired) electrons. The predicted molar refractivity (Wildman–Crippen MR) is 128 cm³/mol. The first-order valence-electron chi connectivity index (χ1n) is 11.3. The number of piperazine rings is 1. The monoisotopic (exact) mass is 447 g/mol. The molecule has 6 nitrogen and oxygen atoms in total. The third-order valence-electron chi connectivity index (χ3n) is 6.22. The van der Waals surface area contributed by atoms with Crippen LogP contribution >= 0.6 is 11.3 Å². The van der Waals surface area contributed by atoms with Gasteiger partial charge >= 0.3 is 0 Å². The van der Waals surface area contributed by atoms with Crippen molar-refractivity contribution in [3.8, 4) is 5.88 Å². The van der Waals surface area contributed by atoms with Crippen LogP contribution in [-0.4, -0.2) is 55.7 Å². The van der Waals surface area contributed by atoms with E-state index < -0.39 is 0 Å². The number of hydrogen-bond donors (Lipinski definition) is 1. The van der Waals surface area contributed by atoms with E-state index in [1.165, 1.54) is 16.7 Å². The Labute approximate surface area is 192 Å². The molecule has 0 saturated carbocycles. The second-order valence-electron chi connectivity index (χ2n) is 8.48. The summed E-state index contributed by atoms with van der Waals surface area (Å²) >= 11 is 1.55. The molecule has 0 unspecified atom stereocenters. The molecule has 0 aliphatic carbocycles. The summed E-state index contributed by atoms with van der Waals surface area (Å²) in [6.07, 6.45) is 0.758. The van der Waals surface area contributed by atoms with Gasteiger partial charge in [0.25, 0.3) is 0 Å². The molecule has 2 aromatic heterocycles. The number of aromatic nitrogens is 3. The van der Waals surface area contributed by atoms with Crippen LogP contribution in [0.3, 0.4) is 0 Å². The molecule has 3 heterocycles. The van der Waals surface area contributed by atoms with Crippen molar-refractivity contribution in [1.82, 2.24) is 24.4 Å². The van der Waals surface area contributed by atoms with E-state index in [1.54, 1.807) is 15.9 Å². The van der Waals surface area contributed by atoms with Crippen molar-refractivity contribution >= 4 is 16.3 Å². The second-order valence-corrected chi connectivity index (χ2v) is 9.49. The summed E-state index contributed by atoms with van der Waals surface area (Å²) in [4.78, 5) is 11.3. The molecule has 166 valence electrons.